The SMILES string of the molecule is COC(=O)Cc1[nH]n(-c2ccccc2Cl)c(=O)c1C(=O)Cc1ccc(OC)cc1. The van der Waals surface area contributed by atoms with E-state index in [0.29, 0.717) is 22.0 Å². The minimum absolute atomic E-state index is 0.00617. The van der Waals surface area contributed by atoms with Gasteiger partial charge in [0.25, 0.3) is 5.56 Å². The Morgan fingerprint density at radius 3 is 2.34 bits per heavy atom. The van der Waals surface area contributed by atoms with Crippen molar-refractivity contribution in [3.8, 4) is 11.4 Å². The molecule has 2 aromatic carbocycles. The van der Waals surface area contributed by atoms with Crippen LogP contribution in [0, 0.1) is 0 Å². The third kappa shape index (κ3) is 4.41. The number of ether oxygens (including phenoxy) is 2. The minimum atomic E-state index is -0.574. The first-order valence-corrected chi connectivity index (χ1v) is 9.14. The number of rotatable bonds is 7. The zero-order valence-corrected chi connectivity index (χ0v) is 16.7. The quantitative estimate of drug-likeness (QED) is 0.474. The van der Waals surface area contributed by atoms with Crippen molar-refractivity contribution < 1.29 is 19.1 Å². The summed E-state index contributed by atoms with van der Waals surface area (Å²) in [7, 11) is 2.79. The average Bonchev–Trinajstić information content (AvgIpc) is 3.04. The van der Waals surface area contributed by atoms with Crippen molar-refractivity contribution in [1.82, 2.24) is 9.78 Å². The molecule has 1 heterocycles. The Bertz CT molecular complexity index is 1100. The number of nitrogens with one attached hydrogen (secondary N) is 1. The number of H-pyrrole nitrogens is 1. The van der Waals surface area contributed by atoms with Crippen LogP contribution >= 0.6 is 11.6 Å². The van der Waals surface area contributed by atoms with Crippen LogP contribution in [0.15, 0.2) is 53.3 Å². The molecule has 0 aliphatic heterocycles. The van der Waals surface area contributed by atoms with E-state index >= 15 is 0 Å². The van der Waals surface area contributed by atoms with Gasteiger partial charge in [-0.25, -0.2) is 4.68 Å². The number of aromatic amines is 1. The van der Waals surface area contributed by atoms with Gasteiger partial charge in [-0.15, -0.1) is 0 Å². The second-order valence-corrected chi connectivity index (χ2v) is 6.67. The van der Waals surface area contributed by atoms with Crippen LogP contribution < -0.4 is 10.3 Å². The van der Waals surface area contributed by atoms with Crippen molar-refractivity contribution >= 4 is 23.4 Å². The summed E-state index contributed by atoms with van der Waals surface area (Å²) >= 11 is 6.20. The normalized spacial score (nSPS) is 10.6. The summed E-state index contributed by atoms with van der Waals surface area (Å²) < 4.78 is 11.0. The molecule has 0 aliphatic rings. The number of halogens is 1. The number of carbonyl (C=O) groups is 2. The number of nitrogens with zero attached hydrogens (tertiary/aromatic N) is 1. The number of Topliss-reactive ketones (excluding diaryl/α,β-unsaturated/α-hetero) is 1. The number of carbonyl (C=O) groups excluding carboxylic acids is 2. The molecular formula is C21H19ClN2O5. The number of methoxy groups -OCH3 is 2. The highest BCUT2D eigenvalue weighted by molar-refractivity contribution is 6.32. The predicted octanol–water partition coefficient (Wildman–Crippen LogP) is 2.97. The van der Waals surface area contributed by atoms with Gasteiger partial charge >= 0.3 is 5.97 Å². The van der Waals surface area contributed by atoms with E-state index in [2.05, 4.69) is 9.84 Å². The van der Waals surface area contributed by atoms with Crippen molar-refractivity contribution in [2.24, 2.45) is 0 Å². The highest BCUT2D eigenvalue weighted by Gasteiger charge is 2.24. The van der Waals surface area contributed by atoms with Crippen LogP contribution in [0.4, 0.5) is 0 Å². The second-order valence-electron chi connectivity index (χ2n) is 6.26. The topological polar surface area (TPSA) is 90.4 Å². The van der Waals surface area contributed by atoms with E-state index in [1.165, 1.54) is 11.8 Å². The van der Waals surface area contributed by atoms with Gasteiger partial charge in [0, 0.05) is 6.42 Å². The number of aromatic nitrogens is 2. The molecule has 29 heavy (non-hydrogen) atoms. The van der Waals surface area contributed by atoms with Gasteiger partial charge in [-0.05, 0) is 29.8 Å². The Hall–Kier alpha value is -3.32. The van der Waals surface area contributed by atoms with E-state index in [0.717, 1.165) is 0 Å². The first-order chi connectivity index (χ1) is 13.9. The van der Waals surface area contributed by atoms with Crippen molar-refractivity contribution in [2.75, 3.05) is 14.2 Å². The van der Waals surface area contributed by atoms with E-state index in [1.807, 2.05) is 0 Å². The number of esters is 1. The lowest BCUT2D eigenvalue weighted by molar-refractivity contribution is -0.139. The van der Waals surface area contributed by atoms with E-state index < -0.39 is 17.3 Å². The molecule has 3 rings (SSSR count). The molecule has 0 amide bonds. The Kier molecular flexibility index (Phi) is 6.19. The summed E-state index contributed by atoms with van der Waals surface area (Å²) in [5, 5.41) is 3.16. The van der Waals surface area contributed by atoms with Crippen LogP contribution in [0.3, 0.4) is 0 Å². The molecule has 1 N–H and O–H groups in total. The number of para-hydroxylation sites is 1. The fourth-order valence-electron chi connectivity index (χ4n) is 2.93. The summed E-state index contributed by atoms with van der Waals surface area (Å²) in [6.45, 7) is 0. The van der Waals surface area contributed by atoms with Crippen LogP contribution in [0.1, 0.15) is 21.6 Å². The zero-order chi connectivity index (χ0) is 21.0. The van der Waals surface area contributed by atoms with Gasteiger partial charge < -0.3 is 9.47 Å². The van der Waals surface area contributed by atoms with Crippen LogP contribution in [0.25, 0.3) is 5.69 Å². The van der Waals surface area contributed by atoms with Gasteiger partial charge in [0.2, 0.25) is 0 Å². The highest BCUT2D eigenvalue weighted by Crippen LogP contribution is 2.20. The molecule has 0 fully saturated rings. The number of hydrogen-bond donors (Lipinski definition) is 1. The predicted molar refractivity (Wildman–Crippen MR) is 108 cm³/mol. The maximum atomic E-state index is 13.0. The molecule has 0 spiro atoms. The maximum Gasteiger partial charge on any atom is 0.311 e. The van der Waals surface area contributed by atoms with Crippen LogP contribution in [-0.2, 0) is 22.4 Å². The Morgan fingerprint density at radius 1 is 1.03 bits per heavy atom. The summed E-state index contributed by atoms with van der Waals surface area (Å²) in [4.78, 5) is 37.8. The lowest BCUT2D eigenvalue weighted by atomic mass is 10.0. The molecule has 7 nitrogen and oxygen atoms in total. The van der Waals surface area contributed by atoms with E-state index in [-0.39, 0.29) is 24.1 Å². The van der Waals surface area contributed by atoms with Crippen molar-refractivity contribution in [1.29, 1.82) is 0 Å². The van der Waals surface area contributed by atoms with Gasteiger partial charge in [0.15, 0.2) is 5.78 Å². The molecule has 8 heteroatoms. The molecule has 0 unspecified atom stereocenters. The standard InChI is InChI=1S/C21H19ClN2O5/c1-28-14-9-7-13(8-10-14)11-18(25)20-16(12-19(26)29-2)23-24(21(20)27)17-6-4-3-5-15(17)22/h3-10,23H,11-12H2,1-2H3. The first kappa shape index (κ1) is 20.4. The third-order valence-electron chi connectivity index (χ3n) is 4.41. The lowest BCUT2D eigenvalue weighted by Gasteiger charge is -2.04. The first-order valence-electron chi connectivity index (χ1n) is 8.76. The number of benzene rings is 2. The maximum absolute atomic E-state index is 13.0. The molecule has 0 saturated carbocycles. The average molecular weight is 415 g/mol. The summed E-state index contributed by atoms with van der Waals surface area (Å²) in [6, 6.07) is 13.7. The molecule has 0 saturated heterocycles. The fourth-order valence-corrected chi connectivity index (χ4v) is 3.15. The van der Waals surface area contributed by atoms with Crippen LogP contribution in [0.2, 0.25) is 5.02 Å². The van der Waals surface area contributed by atoms with E-state index in [4.69, 9.17) is 16.3 Å². The molecule has 0 atom stereocenters. The molecular weight excluding hydrogens is 396 g/mol. The van der Waals surface area contributed by atoms with Crippen LogP contribution in [0.5, 0.6) is 5.75 Å². The van der Waals surface area contributed by atoms with Gasteiger partial charge in [0.1, 0.15) is 11.3 Å². The summed E-state index contributed by atoms with van der Waals surface area (Å²) in [6.07, 6.45) is -0.249. The Balaban J connectivity index is 2.03. The monoisotopic (exact) mass is 414 g/mol. The Morgan fingerprint density at radius 2 is 1.72 bits per heavy atom. The molecule has 0 bridgehead atoms. The minimum Gasteiger partial charge on any atom is -0.497 e. The number of ketones is 1. The van der Waals surface area contributed by atoms with Gasteiger partial charge in [0.05, 0.1) is 37.0 Å². The highest BCUT2D eigenvalue weighted by atomic mass is 35.5. The lowest BCUT2D eigenvalue weighted by Crippen LogP contribution is -2.22. The second kappa shape index (κ2) is 8.79. The van der Waals surface area contributed by atoms with Crippen molar-refractivity contribution in [3.05, 3.63) is 80.7 Å². The third-order valence-corrected chi connectivity index (χ3v) is 4.73. The summed E-state index contributed by atoms with van der Waals surface area (Å²) in [5.41, 5.74) is 0.612. The Labute approximate surface area is 171 Å². The van der Waals surface area contributed by atoms with E-state index in [1.54, 1.807) is 55.6 Å². The molecule has 0 aliphatic carbocycles. The smallest absolute Gasteiger partial charge is 0.311 e. The molecule has 1 aromatic heterocycles. The summed E-state index contributed by atoms with van der Waals surface area (Å²) in [5.74, 6) is -0.326. The molecule has 0 radical (unpaired) electrons. The zero-order valence-electron chi connectivity index (χ0n) is 15.9. The van der Waals surface area contributed by atoms with Gasteiger partial charge in [-0.2, -0.15) is 0 Å². The largest absolute Gasteiger partial charge is 0.497 e. The van der Waals surface area contributed by atoms with Crippen LogP contribution in [-0.4, -0.2) is 35.8 Å². The molecule has 3 aromatic rings. The van der Waals surface area contributed by atoms with Gasteiger partial charge in [-0.1, -0.05) is 35.9 Å². The number of hydrogen-bond acceptors (Lipinski definition) is 5. The van der Waals surface area contributed by atoms with E-state index in [9.17, 15) is 14.4 Å². The van der Waals surface area contributed by atoms with Crippen molar-refractivity contribution in [3.63, 3.8) is 0 Å². The van der Waals surface area contributed by atoms with Crippen molar-refractivity contribution in [2.45, 2.75) is 12.8 Å². The fraction of sp³-hybridized carbons (Fsp3) is 0.190. The van der Waals surface area contributed by atoms with Gasteiger partial charge in [-0.3, -0.25) is 19.5 Å². The molecule has 150 valence electrons.